The second-order valence-electron chi connectivity index (χ2n) is 4.77. The smallest absolute Gasteiger partial charge is 0.271 e. The highest BCUT2D eigenvalue weighted by molar-refractivity contribution is 5.95. The van der Waals surface area contributed by atoms with Gasteiger partial charge in [-0.25, -0.2) is 0 Å². The normalized spacial score (nSPS) is 20.8. The first-order valence-corrected chi connectivity index (χ1v) is 6.40. The van der Waals surface area contributed by atoms with Crippen LogP contribution in [0.15, 0.2) is 36.4 Å². The van der Waals surface area contributed by atoms with E-state index in [0.29, 0.717) is 6.42 Å². The quantitative estimate of drug-likeness (QED) is 0.502. The number of nitro groups is 1. The van der Waals surface area contributed by atoms with Crippen LogP contribution in [-0.2, 0) is 9.59 Å². The molecule has 1 aromatic rings. The zero-order chi connectivity index (χ0) is 15.4. The Morgan fingerprint density at radius 3 is 2.48 bits per heavy atom. The Morgan fingerprint density at radius 2 is 1.86 bits per heavy atom. The number of non-ortho nitro benzene ring substituents is 1. The van der Waals surface area contributed by atoms with Crippen LogP contribution in [0.5, 0.6) is 0 Å². The number of anilines is 1. The molecule has 1 amide bonds. The molecule has 2 atom stereocenters. The van der Waals surface area contributed by atoms with E-state index < -0.39 is 28.6 Å². The number of allylic oxidation sites excluding steroid dienone is 2. The molecule has 1 aromatic carbocycles. The van der Waals surface area contributed by atoms with Gasteiger partial charge in [-0.05, 0) is 18.9 Å². The molecule has 0 heterocycles. The van der Waals surface area contributed by atoms with Crippen molar-refractivity contribution in [3.63, 3.8) is 0 Å². The number of carboxylic acids is 1. The lowest BCUT2D eigenvalue weighted by atomic mass is 9.82. The first kappa shape index (κ1) is 14.7. The zero-order valence-electron chi connectivity index (χ0n) is 11.0. The summed E-state index contributed by atoms with van der Waals surface area (Å²) in [6.07, 6.45) is 4.00. The van der Waals surface area contributed by atoms with Crippen LogP contribution in [-0.4, -0.2) is 16.8 Å². The molecule has 0 unspecified atom stereocenters. The Morgan fingerprint density at radius 1 is 1.19 bits per heavy atom. The first-order chi connectivity index (χ1) is 9.99. The van der Waals surface area contributed by atoms with Gasteiger partial charge in [0.2, 0.25) is 5.91 Å². The lowest BCUT2D eigenvalue weighted by Gasteiger charge is -2.28. The fourth-order valence-corrected chi connectivity index (χ4v) is 2.30. The fraction of sp³-hybridized carbons (Fsp3) is 0.286. The monoisotopic (exact) mass is 289 g/mol. The number of aliphatic carboxylic acids is 1. The summed E-state index contributed by atoms with van der Waals surface area (Å²) < 4.78 is 0. The molecule has 0 aromatic heterocycles. The topological polar surface area (TPSA) is 112 Å². The van der Waals surface area contributed by atoms with Crippen LogP contribution in [0.3, 0.4) is 0 Å². The minimum Gasteiger partial charge on any atom is -0.550 e. The largest absolute Gasteiger partial charge is 0.550 e. The van der Waals surface area contributed by atoms with Gasteiger partial charge in [0.15, 0.2) is 0 Å². The van der Waals surface area contributed by atoms with E-state index in [1.807, 2.05) is 0 Å². The molecular weight excluding hydrogens is 276 g/mol. The van der Waals surface area contributed by atoms with Crippen LogP contribution < -0.4 is 10.4 Å². The summed E-state index contributed by atoms with van der Waals surface area (Å²) in [5.74, 6) is -3.36. The Bertz CT molecular complexity index is 611. The van der Waals surface area contributed by atoms with E-state index in [9.17, 15) is 24.8 Å². The molecule has 0 spiro atoms. The molecule has 1 aliphatic carbocycles. The van der Waals surface area contributed by atoms with Crippen molar-refractivity contribution in [2.45, 2.75) is 12.8 Å². The van der Waals surface area contributed by atoms with Crippen LogP contribution in [0.25, 0.3) is 0 Å². The summed E-state index contributed by atoms with van der Waals surface area (Å²) in [4.78, 5) is 33.3. The van der Waals surface area contributed by atoms with Crippen LogP contribution in [0.4, 0.5) is 11.4 Å². The number of hydrogen-bond donors (Lipinski definition) is 1. The summed E-state index contributed by atoms with van der Waals surface area (Å²) in [6, 6.07) is 5.50. The summed E-state index contributed by atoms with van der Waals surface area (Å²) in [6.45, 7) is 0. The van der Waals surface area contributed by atoms with Crippen LogP contribution in [0.2, 0.25) is 0 Å². The van der Waals surface area contributed by atoms with Crippen molar-refractivity contribution in [2.75, 3.05) is 5.32 Å². The highest BCUT2D eigenvalue weighted by Gasteiger charge is 2.29. The molecule has 7 heteroatoms. The van der Waals surface area contributed by atoms with Gasteiger partial charge in [-0.15, -0.1) is 0 Å². The Kier molecular flexibility index (Phi) is 4.32. The number of nitrogens with zero attached hydrogens (tertiary/aromatic N) is 1. The molecule has 0 radical (unpaired) electrons. The Labute approximate surface area is 120 Å². The summed E-state index contributed by atoms with van der Waals surface area (Å²) in [5, 5.41) is 24.3. The number of carboxylic acid groups (broad SMARTS) is 1. The minimum absolute atomic E-state index is 0.146. The maximum atomic E-state index is 12.2. The predicted molar refractivity (Wildman–Crippen MR) is 72.1 cm³/mol. The number of hydrogen-bond acceptors (Lipinski definition) is 5. The number of benzene rings is 1. The van der Waals surface area contributed by atoms with E-state index in [1.54, 1.807) is 12.2 Å². The van der Waals surface area contributed by atoms with Gasteiger partial charge in [0.25, 0.3) is 5.69 Å². The molecule has 0 saturated carbocycles. The molecular formula is C14H13N2O5-. The third-order valence-electron chi connectivity index (χ3n) is 3.40. The summed E-state index contributed by atoms with van der Waals surface area (Å²) in [7, 11) is 0. The molecule has 0 aliphatic heterocycles. The molecule has 7 nitrogen and oxygen atoms in total. The number of nitro benzene ring substituents is 1. The van der Waals surface area contributed by atoms with Crippen LogP contribution in [0, 0.1) is 22.0 Å². The maximum Gasteiger partial charge on any atom is 0.271 e. The van der Waals surface area contributed by atoms with E-state index >= 15 is 0 Å². The molecule has 110 valence electrons. The van der Waals surface area contributed by atoms with Gasteiger partial charge in [0.05, 0.1) is 10.8 Å². The van der Waals surface area contributed by atoms with Crippen molar-refractivity contribution >= 4 is 23.3 Å². The third kappa shape index (κ3) is 3.44. The molecule has 0 fully saturated rings. The van der Waals surface area contributed by atoms with Crippen molar-refractivity contribution in [1.82, 2.24) is 0 Å². The number of nitrogens with one attached hydrogen (secondary N) is 1. The van der Waals surface area contributed by atoms with Crippen LogP contribution >= 0.6 is 0 Å². The van der Waals surface area contributed by atoms with Gasteiger partial charge in [0.1, 0.15) is 0 Å². The highest BCUT2D eigenvalue weighted by Crippen LogP contribution is 2.27. The number of carbonyl (C=O) groups excluding carboxylic acids is 2. The third-order valence-corrected chi connectivity index (χ3v) is 3.40. The first-order valence-electron chi connectivity index (χ1n) is 6.40. The average molecular weight is 289 g/mol. The summed E-state index contributed by atoms with van der Waals surface area (Å²) >= 11 is 0. The number of amides is 1. The lowest BCUT2D eigenvalue weighted by molar-refractivity contribution is -0.384. The molecule has 1 aliphatic rings. The molecule has 2 rings (SSSR count). The molecule has 0 bridgehead atoms. The number of carbonyl (C=O) groups is 2. The van der Waals surface area contributed by atoms with Crippen molar-refractivity contribution in [2.24, 2.45) is 11.8 Å². The minimum atomic E-state index is -1.27. The SMILES string of the molecule is O=C([O-])[C@H]1CC=CC[C@@H]1C(=O)Nc1cccc([N+](=O)[O-])c1. The van der Waals surface area contributed by atoms with Gasteiger partial charge >= 0.3 is 0 Å². The van der Waals surface area contributed by atoms with Gasteiger partial charge in [-0.3, -0.25) is 14.9 Å². The molecule has 21 heavy (non-hydrogen) atoms. The van der Waals surface area contributed by atoms with E-state index in [4.69, 9.17) is 0 Å². The van der Waals surface area contributed by atoms with E-state index in [2.05, 4.69) is 5.32 Å². The Hall–Kier alpha value is -2.70. The summed E-state index contributed by atoms with van der Waals surface area (Å²) in [5.41, 5.74) is 0.119. The highest BCUT2D eigenvalue weighted by atomic mass is 16.6. The Balaban J connectivity index is 2.13. The van der Waals surface area contributed by atoms with Crippen molar-refractivity contribution < 1.29 is 19.6 Å². The van der Waals surface area contributed by atoms with Crippen molar-refractivity contribution in [3.05, 3.63) is 46.5 Å². The van der Waals surface area contributed by atoms with Gasteiger partial charge in [-0.1, -0.05) is 18.2 Å². The van der Waals surface area contributed by atoms with Crippen LogP contribution in [0.1, 0.15) is 12.8 Å². The van der Waals surface area contributed by atoms with Gasteiger partial charge in [0, 0.05) is 29.7 Å². The maximum absolute atomic E-state index is 12.2. The van der Waals surface area contributed by atoms with Gasteiger partial charge in [-0.2, -0.15) is 0 Å². The van der Waals surface area contributed by atoms with Gasteiger partial charge < -0.3 is 15.2 Å². The average Bonchev–Trinajstić information content (AvgIpc) is 2.47. The van der Waals surface area contributed by atoms with Crippen molar-refractivity contribution in [3.8, 4) is 0 Å². The second-order valence-corrected chi connectivity index (χ2v) is 4.77. The van der Waals surface area contributed by atoms with E-state index in [1.165, 1.54) is 24.3 Å². The fourth-order valence-electron chi connectivity index (χ4n) is 2.30. The van der Waals surface area contributed by atoms with Crippen molar-refractivity contribution in [1.29, 1.82) is 0 Å². The van der Waals surface area contributed by atoms with E-state index in [0.717, 1.165) is 0 Å². The standard InChI is InChI=1S/C14H14N2O5/c17-13(11-6-1-2-7-12(11)14(18)19)15-9-4-3-5-10(8-9)16(20)21/h1-5,8,11-12H,6-7H2,(H,15,17)(H,18,19)/p-1/t11-,12-/m0/s1. The lowest BCUT2D eigenvalue weighted by Crippen LogP contribution is -2.41. The zero-order valence-corrected chi connectivity index (χ0v) is 11.0. The molecule has 0 saturated heterocycles. The molecule has 1 N–H and O–H groups in total. The second kappa shape index (κ2) is 6.17. The number of rotatable bonds is 4. The van der Waals surface area contributed by atoms with E-state index in [-0.39, 0.29) is 17.8 Å². The predicted octanol–water partition coefficient (Wildman–Crippen LogP) is 0.866.